The van der Waals surface area contributed by atoms with Gasteiger partial charge >= 0.3 is 0 Å². The Hall–Kier alpha value is -2.42. The van der Waals surface area contributed by atoms with E-state index >= 15 is 0 Å². The number of ether oxygens (including phenoxy) is 1. The van der Waals surface area contributed by atoms with Gasteiger partial charge in [-0.1, -0.05) is 48.9 Å². The highest BCUT2D eigenvalue weighted by molar-refractivity contribution is 7.89. The fourth-order valence-electron chi connectivity index (χ4n) is 2.95. The Kier molecular flexibility index (Phi) is 9.97. The molecular formula is C23H34N4O3S. The first kappa shape index (κ1) is 24.8. The normalized spacial score (nSPS) is 13.1. The molecular weight excluding hydrogens is 412 g/mol. The Balaban J connectivity index is 2.02. The number of sulfonamides is 1. The topological polar surface area (TPSA) is 91.8 Å². The zero-order valence-electron chi connectivity index (χ0n) is 18.8. The summed E-state index contributed by atoms with van der Waals surface area (Å²) >= 11 is 0. The Morgan fingerprint density at radius 2 is 1.87 bits per heavy atom. The number of nitrogens with zero attached hydrogens (tertiary/aromatic N) is 1. The van der Waals surface area contributed by atoms with Gasteiger partial charge in [-0.3, -0.25) is 0 Å². The summed E-state index contributed by atoms with van der Waals surface area (Å²) in [6.45, 7) is 8.67. The minimum absolute atomic E-state index is 0.224. The van der Waals surface area contributed by atoms with Crippen LogP contribution in [0.2, 0.25) is 0 Å². The van der Waals surface area contributed by atoms with E-state index in [2.05, 4.69) is 58.5 Å². The maximum atomic E-state index is 12.4. The van der Waals surface area contributed by atoms with Crippen molar-refractivity contribution in [2.45, 2.75) is 38.1 Å². The van der Waals surface area contributed by atoms with E-state index in [9.17, 15) is 8.42 Å². The highest BCUT2D eigenvalue weighted by Gasteiger charge is 2.13. The Labute approximate surface area is 186 Å². The Bertz CT molecular complexity index is 944. The number of hydrogen-bond acceptors (Lipinski definition) is 4. The van der Waals surface area contributed by atoms with Gasteiger partial charge in [-0.05, 0) is 43.0 Å². The monoisotopic (exact) mass is 446 g/mol. The fourth-order valence-corrected chi connectivity index (χ4v) is 4.03. The molecule has 2 rings (SSSR count). The van der Waals surface area contributed by atoms with Crippen LogP contribution >= 0.6 is 0 Å². The van der Waals surface area contributed by atoms with Crippen molar-refractivity contribution in [1.29, 1.82) is 0 Å². The molecule has 0 aromatic heterocycles. The number of methoxy groups -OCH3 is 1. The molecule has 170 valence electrons. The lowest BCUT2D eigenvalue weighted by atomic mass is 10.0. The largest absolute Gasteiger partial charge is 0.383 e. The second-order valence-electron chi connectivity index (χ2n) is 7.43. The molecule has 8 heteroatoms. The van der Waals surface area contributed by atoms with E-state index in [1.807, 2.05) is 13.0 Å². The number of guanidine groups is 1. The van der Waals surface area contributed by atoms with Crippen molar-refractivity contribution in [1.82, 2.24) is 15.4 Å². The third kappa shape index (κ3) is 8.32. The van der Waals surface area contributed by atoms with E-state index < -0.39 is 10.0 Å². The molecule has 0 bridgehead atoms. The van der Waals surface area contributed by atoms with Gasteiger partial charge in [0.15, 0.2) is 5.96 Å². The molecule has 2 aromatic rings. The molecule has 31 heavy (non-hydrogen) atoms. The van der Waals surface area contributed by atoms with Crippen LogP contribution in [0.4, 0.5) is 0 Å². The summed E-state index contributed by atoms with van der Waals surface area (Å²) in [5.41, 5.74) is 3.34. The van der Waals surface area contributed by atoms with Gasteiger partial charge in [0.25, 0.3) is 0 Å². The summed E-state index contributed by atoms with van der Waals surface area (Å²) < 4.78 is 32.2. The number of benzene rings is 2. The first-order valence-electron chi connectivity index (χ1n) is 10.5. The van der Waals surface area contributed by atoms with Gasteiger partial charge in [-0.25, -0.2) is 18.1 Å². The van der Waals surface area contributed by atoms with Crippen molar-refractivity contribution in [3.8, 4) is 0 Å². The maximum absolute atomic E-state index is 12.4. The molecule has 0 aliphatic carbocycles. The molecule has 3 N–H and O–H groups in total. The van der Waals surface area contributed by atoms with Crippen molar-refractivity contribution in [2.24, 2.45) is 4.99 Å². The van der Waals surface area contributed by atoms with Gasteiger partial charge in [0.05, 0.1) is 18.0 Å². The van der Waals surface area contributed by atoms with Crippen LogP contribution in [0.25, 0.3) is 0 Å². The summed E-state index contributed by atoms with van der Waals surface area (Å²) in [4.78, 5) is 4.85. The molecule has 0 saturated heterocycles. The van der Waals surface area contributed by atoms with Gasteiger partial charge in [0.2, 0.25) is 10.0 Å². The molecule has 0 radical (unpaired) electrons. The lowest BCUT2D eigenvalue weighted by Crippen LogP contribution is -2.39. The van der Waals surface area contributed by atoms with Gasteiger partial charge in [-0.2, -0.15) is 0 Å². The van der Waals surface area contributed by atoms with E-state index in [1.165, 1.54) is 18.2 Å². The molecule has 0 saturated carbocycles. The van der Waals surface area contributed by atoms with Crippen LogP contribution in [0.3, 0.4) is 0 Å². The molecule has 0 heterocycles. The van der Waals surface area contributed by atoms with Crippen molar-refractivity contribution in [3.05, 3.63) is 65.2 Å². The molecule has 0 fully saturated rings. The third-order valence-corrected chi connectivity index (χ3v) is 6.25. The second-order valence-corrected chi connectivity index (χ2v) is 9.19. The molecule has 7 nitrogen and oxygen atoms in total. The predicted molar refractivity (Wildman–Crippen MR) is 126 cm³/mol. The van der Waals surface area contributed by atoms with Crippen molar-refractivity contribution >= 4 is 16.0 Å². The third-order valence-electron chi connectivity index (χ3n) is 4.79. The zero-order valence-corrected chi connectivity index (χ0v) is 19.6. The van der Waals surface area contributed by atoms with E-state index in [0.29, 0.717) is 25.0 Å². The number of hydrogen-bond donors (Lipinski definition) is 3. The van der Waals surface area contributed by atoms with Crippen LogP contribution in [0, 0.1) is 6.92 Å². The molecule has 0 aliphatic heterocycles. The van der Waals surface area contributed by atoms with E-state index in [4.69, 9.17) is 4.74 Å². The van der Waals surface area contributed by atoms with Gasteiger partial charge in [0, 0.05) is 26.7 Å². The number of rotatable bonds is 11. The highest BCUT2D eigenvalue weighted by Crippen LogP contribution is 2.15. The van der Waals surface area contributed by atoms with Gasteiger partial charge < -0.3 is 15.4 Å². The molecule has 0 amide bonds. The fraction of sp³-hybridized carbons (Fsp3) is 0.435. The second kappa shape index (κ2) is 12.4. The lowest BCUT2D eigenvalue weighted by molar-refractivity contribution is 0.204. The molecule has 0 spiro atoms. The van der Waals surface area contributed by atoms with Crippen LogP contribution in [-0.4, -0.2) is 47.7 Å². The SMILES string of the molecule is CCNC(=NCc1cccc(S(=O)(=O)NCCOC)c1)NCC(C)c1ccc(C)cc1. The smallest absolute Gasteiger partial charge is 0.240 e. The van der Waals surface area contributed by atoms with Crippen LogP contribution in [0.15, 0.2) is 58.4 Å². The summed E-state index contributed by atoms with van der Waals surface area (Å²) in [7, 11) is -2.04. The lowest BCUT2D eigenvalue weighted by Gasteiger charge is -2.16. The number of nitrogens with one attached hydrogen (secondary N) is 3. The maximum Gasteiger partial charge on any atom is 0.240 e. The first-order chi connectivity index (χ1) is 14.9. The van der Waals surface area contributed by atoms with Gasteiger partial charge in [-0.15, -0.1) is 0 Å². The van der Waals surface area contributed by atoms with E-state index in [-0.39, 0.29) is 11.4 Å². The van der Waals surface area contributed by atoms with Crippen LogP contribution < -0.4 is 15.4 Å². The molecule has 1 unspecified atom stereocenters. The first-order valence-corrected chi connectivity index (χ1v) is 12.0. The molecule has 2 aromatic carbocycles. The average Bonchev–Trinajstić information content (AvgIpc) is 2.76. The summed E-state index contributed by atoms with van der Waals surface area (Å²) in [5, 5.41) is 6.62. The minimum Gasteiger partial charge on any atom is -0.383 e. The number of aliphatic imine (C=N–C) groups is 1. The Morgan fingerprint density at radius 1 is 1.13 bits per heavy atom. The van der Waals surface area contributed by atoms with Crippen molar-refractivity contribution in [2.75, 3.05) is 33.4 Å². The zero-order chi connectivity index (χ0) is 22.7. The minimum atomic E-state index is -3.57. The Morgan fingerprint density at radius 3 is 2.55 bits per heavy atom. The predicted octanol–water partition coefficient (Wildman–Crippen LogP) is 2.78. The average molecular weight is 447 g/mol. The summed E-state index contributed by atoms with van der Waals surface area (Å²) in [6, 6.07) is 15.4. The van der Waals surface area contributed by atoms with Crippen molar-refractivity contribution in [3.63, 3.8) is 0 Å². The highest BCUT2D eigenvalue weighted by atomic mass is 32.2. The van der Waals surface area contributed by atoms with E-state index in [1.54, 1.807) is 18.2 Å². The van der Waals surface area contributed by atoms with Crippen molar-refractivity contribution < 1.29 is 13.2 Å². The van der Waals surface area contributed by atoms with Gasteiger partial charge in [0.1, 0.15) is 0 Å². The van der Waals surface area contributed by atoms with E-state index in [0.717, 1.165) is 18.7 Å². The summed E-state index contributed by atoms with van der Waals surface area (Å²) in [5.74, 6) is 1.03. The summed E-state index contributed by atoms with van der Waals surface area (Å²) in [6.07, 6.45) is 0. The standard InChI is InChI=1S/C23H34N4O3S/c1-5-24-23(25-16-19(3)21-11-9-18(2)10-12-21)26-17-20-7-6-8-22(15-20)31(28,29)27-13-14-30-4/h6-12,15,19,27H,5,13-14,16-17H2,1-4H3,(H2,24,25,26). The van der Waals surface area contributed by atoms with Crippen LogP contribution in [0.1, 0.15) is 36.5 Å². The molecule has 0 aliphatic rings. The van der Waals surface area contributed by atoms with Crippen LogP contribution in [0.5, 0.6) is 0 Å². The van der Waals surface area contributed by atoms with Crippen LogP contribution in [-0.2, 0) is 21.3 Å². The number of aryl methyl sites for hydroxylation is 1. The molecule has 1 atom stereocenters. The quantitative estimate of drug-likeness (QED) is 0.280.